The summed E-state index contributed by atoms with van der Waals surface area (Å²) in [5.74, 6) is -0.574. The Bertz CT molecular complexity index is 1000. The van der Waals surface area contributed by atoms with Gasteiger partial charge in [0.25, 0.3) is 11.5 Å². The first-order valence-electron chi connectivity index (χ1n) is 6.76. The van der Waals surface area contributed by atoms with Gasteiger partial charge in [0.2, 0.25) is 0 Å². The molecule has 0 saturated heterocycles. The Labute approximate surface area is 131 Å². The molecule has 1 aliphatic rings. The average molecular weight is 334 g/mol. The van der Waals surface area contributed by atoms with E-state index in [-0.39, 0.29) is 11.3 Å². The maximum absolute atomic E-state index is 12.6. The molecule has 0 spiro atoms. The fraction of sp³-hybridized carbons (Fsp3) is 0.200. The zero-order chi connectivity index (χ0) is 16.8. The van der Waals surface area contributed by atoms with Crippen LogP contribution in [0.2, 0.25) is 0 Å². The lowest BCUT2D eigenvalue weighted by atomic mass is 10.1. The molecule has 0 aliphatic carbocycles. The number of methoxy groups -OCH3 is 1. The molecule has 2 heterocycles. The van der Waals surface area contributed by atoms with Crippen molar-refractivity contribution in [2.75, 3.05) is 12.9 Å². The van der Waals surface area contributed by atoms with Gasteiger partial charge in [0, 0.05) is 11.5 Å². The van der Waals surface area contributed by atoms with Crippen molar-refractivity contribution in [2.24, 2.45) is 5.73 Å². The van der Waals surface area contributed by atoms with Gasteiger partial charge in [0.05, 0.1) is 24.4 Å². The molecule has 0 unspecified atom stereocenters. The summed E-state index contributed by atoms with van der Waals surface area (Å²) in [6.45, 7) is 0. The number of pyridine rings is 1. The van der Waals surface area contributed by atoms with E-state index in [2.05, 4.69) is 0 Å². The zero-order valence-electron chi connectivity index (χ0n) is 12.2. The SMILES string of the molecule is COc1ccc2cc(C(N)=O)c(=O)n([C@@H]3C=CS(=O)(=O)C3)c2c1. The third-order valence-electron chi connectivity index (χ3n) is 3.75. The van der Waals surface area contributed by atoms with Crippen LogP contribution in [0.3, 0.4) is 0 Å². The summed E-state index contributed by atoms with van der Waals surface area (Å²) in [5, 5.41) is 1.67. The Kier molecular flexibility index (Phi) is 3.48. The fourth-order valence-corrected chi connectivity index (χ4v) is 3.93. The van der Waals surface area contributed by atoms with E-state index < -0.39 is 27.3 Å². The maximum atomic E-state index is 12.6. The average Bonchev–Trinajstić information content (AvgIpc) is 2.85. The number of benzene rings is 1. The second-order valence-corrected chi connectivity index (χ2v) is 7.18. The monoisotopic (exact) mass is 334 g/mol. The highest BCUT2D eigenvalue weighted by atomic mass is 32.2. The molecule has 120 valence electrons. The number of nitrogens with two attached hydrogens (primary N) is 1. The molecule has 1 amide bonds. The van der Waals surface area contributed by atoms with Crippen molar-refractivity contribution >= 4 is 26.6 Å². The van der Waals surface area contributed by atoms with Crippen molar-refractivity contribution in [3.05, 3.63) is 51.7 Å². The summed E-state index contributed by atoms with van der Waals surface area (Å²) in [6, 6.07) is 5.71. The highest BCUT2D eigenvalue weighted by Crippen LogP contribution is 2.26. The summed E-state index contributed by atoms with van der Waals surface area (Å²) in [5.41, 5.74) is 4.95. The van der Waals surface area contributed by atoms with E-state index in [1.165, 1.54) is 23.8 Å². The maximum Gasteiger partial charge on any atom is 0.264 e. The summed E-state index contributed by atoms with van der Waals surface area (Å²) in [6.07, 6.45) is 1.43. The summed E-state index contributed by atoms with van der Waals surface area (Å²) in [7, 11) is -1.88. The second-order valence-electron chi connectivity index (χ2n) is 5.25. The molecule has 1 aromatic carbocycles. The van der Waals surface area contributed by atoms with E-state index in [4.69, 9.17) is 10.5 Å². The third kappa shape index (κ3) is 2.61. The Morgan fingerprint density at radius 3 is 2.65 bits per heavy atom. The minimum Gasteiger partial charge on any atom is -0.497 e. The van der Waals surface area contributed by atoms with Crippen LogP contribution in [0.25, 0.3) is 10.9 Å². The molecule has 0 saturated carbocycles. The van der Waals surface area contributed by atoms with Crippen molar-refractivity contribution in [1.29, 1.82) is 0 Å². The molecule has 23 heavy (non-hydrogen) atoms. The number of primary amides is 1. The number of hydrogen-bond acceptors (Lipinski definition) is 5. The Morgan fingerprint density at radius 2 is 2.09 bits per heavy atom. The van der Waals surface area contributed by atoms with Crippen molar-refractivity contribution in [3.63, 3.8) is 0 Å². The van der Waals surface area contributed by atoms with E-state index in [9.17, 15) is 18.0 Å². The molecule has 0 fully saturated rings. The Morgan fingerprint density at radius 1 is 1.35 bits per heavy atom. The van der Waals surface area contributed by atoms with E-state index in [0.29, 0.717) is 16.7 Å². The second kappa shape index (κ2) is 5.24. The van der Waals surface area contributed by atoms with Gasteiger partial charge in [-0.25, -0.2) is 8.42 Å². The van der Waals surface area contributed by atoms with Gasteiger partial charge in [-0.3, -0.25) is 14.2 Å². The van der Waals surface area contributed by atoms with Crippen LogP contribution in [-0.2, 0) is 9.84 Å². The van der Waals surface area contributed by atoms with Gasteiger partial charge in [-0.1, -0.05) is 0 Å². The molecule has 7 nitrogen and oxygen atoms in total. The van der Waals surface area contributed by atoms with Crippen LogP contribution in [0.15, 0.2) is 40.5 Å². The van der Waals surface area contributed by atoms with E-state index in [1.54, 1.807) is 18.2 Å². The number of sulfone groups is 1. The highest BCUT2D eigenvalue weighted by molar-refractivity contribution is 7.94. The number of allylic oxidation sites excluding steroid dienone is 1. The van der Waals surface area contributed by atoms with Gasteiger partial charge in [-0.05, 0) is 29.7 Å². The van der Waals surface area contributed by atoms with Crippen LogP contribution >= 0.6 is 0 Å². The molecule has 0 bridgehead atoms. The normalized spacial score (nSPS) is 19.1. The van der Waals surface area contributed by atoms with Crippen molar-refractivity contribution in [3.8, 4) is 5.75 Å². The lowest BCUT2D eigenvalue weighted by molar-refractivity contribution is 0.0998. The quantitative estimate of drug-likeness (QED) is 0.884. The van der Waals surface area contributed by atoms with Crippen molar-refractivity contribution in [1.82, 2.24) is 4.57 Å². The number of aromatic nitrogens is 1. The molecule has 8 heteroatoms. The number of carbonyl (C=O) groups excluding carboxylic acids is 1. The van der Waals surface area contributed by atoms with Crippen molar-refractivity contribution < 1.29 is 17.9 Å². The van der Waals surface area contributed by atoms with Crippen LogP contribution in [0.5, 0.6) is 5.75 Å². The van der Waals surface area contributed by atoms with Crippen LogP contribution in [0.4, 0.5) is 0 Å². The molecule has 2 aromatic rings. The topological polar surface area (TPSA) is 108 Å². The summed E-state index contributed by atoms with van der Waals surface area (Å²) >= 11 is 0. The molecule has 1 aromatic heterocycles. The molecule has 0 radical (unpaired) electrons. The predicted octanol–water partition coefficient (Wildman–Crippen LogP) is 0.592. The molecule has 3 rings (SSSR count). The fourth-order valence-electron chi connectivity index (χ4n) is 2.66. The van der Waals surface area contributed by atoms with Crippen LogP contribution in [-0.4, -0.2) is 31.8 Å². The Hall–Kier alpha value is -2.61. The summed E-state index contributed by atoms with van der Waals surface area (Å²) in [4.78, 5) is 24.1. The van der Waals surface area contributed by atoms with E-state index >= 15 is 0 Å². The predicted molar refractivity (Wildman–Crippen MR) is 85.2 cm³/mol. The van der Waals surface area contributed by atoms with E-state index in [1.807, 2.05) is 0 Å². The van der Waals surface area contributed by atoms with Gasteiger partial charge in [0.15, 0.2) is 9.84 Å². The first-order valence-corrected chi connectivity index (χ1v) is 8.48. The molecular weight excluding hydrogens is 320 g/mol. The Balaban J connectivity index is 2.36. The van der Waals surface area contributed by atoms with Crippen LogP contribution < -0.4 is 16.0 Å². The molecule has 1 atom stereocenters. The van der Waals surface area contributed by atoms with E-state index in [0.717, 1.165) is 5.41 Å². The smallest absolute Gasteiger partial charge is 0.264 e. The number of hydrogen-bond donors (Lipinski definition) is 1. The third-order valence-corrected chi connectivity index (χ3v) is 5.13. The first-order chi connectivity index (χ1) is 10.8. The standard InChI is InChI=1S/C15H14N2O5S/c1-22-11-3-2-9-6-12(14(16)18)15(19)17(13(9)7-11)10-4-5-23(20,21)8-10/h2-7,10H,8H2,1H3,(H2,16,18)/t10-/m1/s1. The number of fused-ring (bicyclic) bond motifs is 1. The van der Waals surface area contributed by atoms with Gasteiger partial charge < -0.3 is 10.5 Å². The van der Waals surface area contributed by atoms with Crippen molar-refractivity contribution in [2.45, 2.75) is 6.04 Å². The lowest BCUT2D eigenvalue weighted by Crippen LogP contribution is -2.32. The van der Waals surface area contributed by atoms with Crippen LogP contribution in [0.1, 0.15) is 16.4 Å². The van der Waals surface area contributed by atoms with Gasteiger partial charge >= 0.3 is 0 Å². The van der Waals surface area contributed by atoms with Gasteiger partial charge in [-0.15, -0.1) is 0 Å². The minimum atomic E-state index is -3.37. The number of nitrogens with zero attached hydrogens (tertiary/aromatic N) is 1. The van der Waals surface area contributed by atoms with Gasteiger partial charge in [0.1, 0.15) is 11.3 Å². The molecular formula is C15H14N2O5S. The number of amides is 1. The first kappa shape index (κ1) is 15.3. The highest BCUT2D eigenvalue weighted by Gasteiger charge is 2.27. The zero-order valence-corrected chi connectivity index (χ0v) is 13.0. The van der Waals surface area contributed by atoms with Crippen LogP contribution in [0, 0.1) is 0 Å². The molecule has 1 aliphatic heterocycles. The number of ether oxygens (including phenoxy) is 1. The summed E-state index contributed by atoms with van der Waals surface area (Å²) < 4.78 is 29.8. The van der Waals surface area contributed by atoms with Gasteiger partial charge in [-0.2, -0.15) is 0 Å². The number of rotatable bonds is 3. The lowest BCUT2D eigenvalue weighted by Gasteiger charge is -2.17. The molecule has 2 N–H and O–H groups in total. The minimum absolute atomic E-state index is 0.180. The number of carbonyl (C=O) groups is 1. The largest absolute Gasteiger partial charge is 0.497 e.